The lowest BCUT2D eigenvalue weighted by molar-refractivity contribution is -0.138. The zero-order valence-electron chi connectivity index (χ0n) is 10.0. The molecule has 0 N–H and O–H groups in total. The van der Waals surface area contributed by atoms with E-state index in [1.165, 1.54) is 18.2 Å². The summed E-state index contributed by atoms with van der Waals surface area (Å²) in [6.07, 6.45) is -3.09. The van der Waals surface area contributed by atoms with Crippen molar-refractivity contribution in [2.45, 2.75) is 20.0 Å². The first kappa shape index (κ1) is 14.3. The third-order valence-electron chi connectivity index (χ3n) is 2.29. The van der Waals surface area contributed by atoms with Crippen LogP contribution in [0.3, 0.4) is 0 Å². The Morgan fingerprint density at radius 2 is 1.83 bits per heavy atom. The quantitative estimate of drug-likeness (QED) is 0.610. The molecule has 0 heterocycles. The van der Waals surface area contributed by atoms with Gasteiger partial charge in [0.15, 0.2) is 0 Å². The maximum Gasteiger partial charge on any atom is 0.416 e. The van der Waals surface area contributed by atoms with E-state index in [9.17, 15) is 18.0 Å². The van der Waals surface area contributed by atoms with Gasteiger partial charge < -0.3 is 4.74 Å². The Labute approximate surface area is 103 Å². The minimum Gasteiger partial charge on any atom is -0.463 e. The van der Waals surface area contributed by atoms with Crippen LogP contribution in [0.5, 0.6) is 0 Å². The molecule has 0 bridgehead atoms. The Morgan fingerprint density at radius 1 is 1.28 bits per heavy atom. The van der Waals surface area contributed by atoms with Gasteiger partial charge in [0.1, 0.15) is 0 Å². The van der Waals surface area contributed by atoms with Crippen LogP contribution in [0.1, 0.15) is 25.0 Å². The molecule has 0 saturated carbocycles. The summed E-state index contributed by atoms with van der Waals surface area (Å²) >= 11 is 0. The number of alkyl halides is 3. The molecule has 0 aliphatic carbocycles. The standard InChI is InChI=1S/C13H13F3O2/c1-3-18-12(17)8-9(2)10-4-6-11(7-5-10)13(14,15)16/h4-8H,3H2,1-2H3. The number of carbonyl (C=O) groups is 1. The molecule has 1 rings (SSSR count). The number of esters is 1. The Kier molecular flexibility index (Phi) is 4.53. The van der Waals surface area contributed by atoms with Crippen LogP contribution in [0.25, 0.3) is 5.57 Å². The fourth-order valence-corrected chi connectivity index (χ4v) is 1.37. The van der Waals surface area contributed by atoms with Gasteiger partial charge in [0.05, 0.1) is 12.2 Å². The molecule has 98 valence electrons. The van der Waals surface area contributed by atoms with Gasteiger partial charge in [-0.2, -0.15) is 13.2 Å². The first-order valence-corrected chi connectivity index (χ1v) is 5.37. The van der Waals surface area contributed by atoms with Gasteiger partial charge in [0.25, 0.3) is 0 Å². The monoisotopic (exact) mass is 258 g/mol. The van der Waals surface area contributed by atoms with Crippen molar-refractivity contribution in [3.63, 3.8) is 0 Å². The summed E-state index contributed by atoms with van der Waals surface area (Å²) in [5.41, 5.74) is 0.397. The number of rotatable bonds is 3. The molecule has 0 radical (unpaired) electrons. The highest BCUT2D eigenvalue weighted by molar-refractivity contribution is 5.90. The van der Waals surface area contributed by atoms with Crippen LogP contribution < -0.4 is 0 Å². The second-order valence-corrected chi connectivity index (χ2v) is 3.65. The third kappa shape index (κ3) is 3.91. The van der Waals surface area contributed by atoms with E-state index in [4.69, 9.17) is 4.74 Å². The molecule has 1 aromatic rings. The van der Waals surface area contributed by atoms with E-state index in [0.29, 0.717) is 11.1 Å². The Hall–Kier alpha value is -1.78. The highest BCUT2D eigenvalue weighted by Crippen LogP contribution is 2.29. The molecule has 0 saturated heterocycles. The lowest BCUT2D eigenvalue weighted by Gasteiger charge is -2.07. The van der Waals surface area contributed by atoms with Gasteiger partial charge in [0, 0.05) is 6.08 Å². The molecule has 0 aliphatic rings. The number of hydrogen-bond acceptors (Lipinski definition) is 2. The predicted octanol–water partition coefficient (Wildman–Crippen LogP) is 3.67. The number of benzene rings is 1. The summed E-state index contributed by atoms with van der Waals surface area (Å²) in [5.74, 6) is -0.505. The van der Waals surface area contributed by atoms with Crippen LogP contribution in [0, 0.1) is 0 Å². The minimum atomic E-state index is -4.35. The van der Waals surface area contributed by atoms with Crippen LogP contribution in [0.2, 0.25) is 0 Å². The maximum absolute atomic E-state index is 12.3. The average molecular weight is 258 g/mol. The normalized spacial score (nSPS) is 12.4. The maximum atomic E-state index is 12.3. The number of ether oxygens (including phenoxy) is 1. The Morgan fingerprint density at radius 3 is 2.28 bits per heavy atom. The average Bonchev–Trinajstić information content (AvgIpc) is 2.28. The summed E-state index contributed by atoms with van der Waals surface area (Å²) in [7, 11) is 0. The fraction of sp³-hybridized carbons (Fsp3) is 0.308. The molecule has 0 fully saturated rings. The van der Waals surface area contributed by atoms with Crippen molar-refractivity contribution in [1.29, 1.82) is 0 Å². The number of hydrogen-bond donors (Lipinski definition) is 0. The molecule has 2 nitrogen and oxygen atoms in total. The molecular weight excluding hydrogens is 245 g/mol. The molecule has 0 aliphatic heterocycles. The summed E-state index contributed by atoms with van der Waals surface area (Å²) in [5, 5.41) is 0. The smallest absolute Gasteiger partial charge is 0.416 e. The van der Waals surface area contributed by atoms with Crippen LogP contribution in [0.15, 0.2) is 30.3 Å². The number of allylic oxidation sites excluding steroid dienone is 1. The lowest BCUT2D eigenvalue weighted by Crippen LogP contribution is -2.04. The molecule has 0 aromatic heterocycles. The van der Waals surface area contributed by atoms with E-state index in [2.05, 4.69) is 0 Å². The summed E-state index contributed by atoms with van der Waals surface area (Å²) in [6, 6.07) is 4.62. The van der Waals surface area contributed by atoms with Crippen molar-refractivity contribution in [1.82, 2.24) is 0 Å². The number of halogens is 3. The van der Waals surface area contributed by atoms with Gasteiger partial charge in [-0.05, 0) is 37.1 Å². The lowest BCUT2D eigenvalue weighted by atomic mass is 10.0. The SMILES string of the molecule is CCOC(=O)C=C(C)c1ccc(C(F)(F)F)cc1. The largest absolute Gasteiger partial charge is 0.463 e. The van der Waals surface area contributed by atoms with Gasteiger partial charge in [0.2, 0.25) is 0 Å². The van der Waals surface area contributed by atoms with Crippen LogP contribution in [-0.2, 0) is 15.7 Å². The van der Waals surface area contributed by atoms with Gasteiger partial charge in [-0.1, -0.05) is 12.1 Å². The first-order valence-electron chi connectivity index (χ1n) is 5.37. The molecular formula is C13H13F3O2. The highest BCUT2D eigenvalue weighted by Gasteiger charge is 2.29. The minimum absolute atomic E-state index is 0.260. The molecule has 0 unspecified atom stereocenters. The van der Waals surface area contributed by atoms with Crippen molar-refractivity contribution in [3.05, 3.63) is 41.5 Å². The van der Waals surface area contributed by atoms with Crippen molar-refractivity contribution in [3.8, 4) is 0 Å². The van der Waals surface area contributed by atoms with E-state index in [1.807, 2.05) is 0 Å². The van der Waals surface area contributed by atoms with E-state index >= 15 is 0 Å². The molecule has 0 amide bonds. The highest BCUT2D eigenvalue weighted by atomic mass is 19.4. The van der Waals surface area contributed by atoms with Crippen molar-refractivity contribution in [2.75, 3.05) is 6.61 Å². The molecule has 0 atom stereocenters. The van der Waals surface area contributed by atoms with Crippen LogP contribution in [0.4, 0.5) is 13.2 Å². The summed E-state index contributed by atoms with van der Waals surface area (Å²) < 4.78 is 41.7. The second kappa shape index (κ2) is 5.71. The van der Waals surface area contributed by atoms with E-state index in [1.54, 1.807) is 13.8 Å². The van der Waals surface area contributed by atoms with Crippen molar-refractivity contribution < 1.29 is 22.7 Å². The predicted molar refractivity (Wildman–Crippen MR) is 61.7 cm³/mol. The molecule has 18 heavy (non-hydrogen) atoms. The van der Waals surface area contributed by atoms with E-state index in [0.717, 1.165) is 12.1 Å². The zero-order chi connectivity index (χ0) is 13.8. The zero-order valence-corrected chi connectivity index (χ0v) is 10.0. The van der Waals surface area contributed by atoms with Crippen molar-refractivity contribution >= 4 is 11.5 Å². The topological polar surface area (TPSA) is 26.3 Å². The van der Waals surface area contributed by atoms with E-state index < -0.39 is 17.7 Å². The van der Waals surface area contributed by atoms with Gasteiger partial charge >= 0.3 is 12.1 Å². The summed E-state index contributed by atoms with van der Waals surface area (Å²) in [4.78, 5) is 11.2. The van der Waals surface area contributed by atoms with Crippen LogP contribution >= 0.6 is 0 Å². The van der Waals surface area contributed by atoms with Crippen LogP contribution in [-0.4, -0.2) is 12.6 Å². The first-order chi connectivity index (χ1) is 8.34. The fourth-order valence-electron chi connectivity index (χ4n) is 1.37. The third-order valence-corrected chi connectivity index (χ3v) is 2.29. The molecule has 1 aromatic carbocycles. The summed E-state index contributed by atoms with van der Waals surface area (Å²) in [6.45, 7) is 3.58. The molecule has 0 spiro atoms. The Balaban J connectivity index is 2.89. The Bertz CT molecular complexity index is 444. The van der Waals surface area contributed by atoms with E-state index in [-0.39, 0.29) is 6.61 Å². The van der Waals surface area contributed by atoms with Crippen molar-refractivity contribution in [2.24, 2.45) is 0 Å². The van der Waals surface area contributed by atoms with Gasteiger partial charge in [-0.25, -0.2) is 4.79 Å². The number of carbonyl (C=O) groups excluding carboxylic acids is 1. The van der Waals surface area contributed by atoms with Gasteiger partial charge in [-0.3, -0.25) is 0 Å². The van der Waals surface area contributed by atoms with Gasteiger partial charge in [-0.15, -0.1) is 0 Å². The second-order valence-electron chi connectivity index (χ2n) is 3.65. The molecule has 5 heteroatoms.